The van der Waals surface area contributed by atoms with Gasteiger partial charge in [-0.3, -0.25) is 4.79 Å². The number of hydrazone groups is 1. The third-order valence-corrected chi connectivity index (χ3v) is 3.35. The summed E-state index contributed by atoms with van der Waals surface area (Å²) < 4.78 is 5.31. The average molecular weight is 353 g/mol. The number of benzene rings is 2. The van der Waals surface area contributed by atoms with Crippen molar-refractivity contribution in [1.82, 2.24) is 5.43 Å². The average Bonchev–Trinajstić information content (AvgIpc) is 2.51. The third kappa shape index (κ3) is 5.16. The number of phenolic OH excluding ortho intramolecular Hbond substituents is 1. The summed E-state index contributed by atoms with van der Waals surface area (Å²) in [5, 5.41) is 13.9. The molecule has 23 heavy (non-hydrogen) atoms. The summed E-state index contributed by atoms with van der Waals surface area (Å²) >= 11 is 11.6. The molecule has 7 heteroatoms. The van der Waals surface area contributed by atoms with E-state index in [9.17, 15) is 9.90 Å². The second-order valence-corrected chi connectivity index (χ2v) is 5.56. The lowest BCUT2D eigenvalue weighted by Crippen LogP contribution is -2.24. The number of rotatable bonds is 5. The van der Waals surface area contributed by atoms with E-state index in [1.54, 1.807) is 12.1 Å². The molecule has 0 saturated heterocycles. The standard InChI is InChI=1S/C16H14Cl2N2O3/c1-10-2-4-13(5-3-10)23-9-15(21)20-19-8-11-6-12(17)7-14(18)16(11)22/h2-8,22H,9H2,1H3,(H,20,21)/b19-8+. The van der Waals surface area contributed by atoms with Gasteiger partial charge in [-0.1, -0.05) is 40.9 Å². The van der Waals surface area contributed by atoms with E-state index >= 15 is 0 Å². The lowest BCUT2D eigenvalue weighted by atomic mass is 10.2. The second-order valence-electron chi connectivity index (χ2n) is 4.72. The quantitative estimate of drug-likeness (QED) is 0.638. The number of halogens is 2. The molecule has 0 heterocycles. The Morgan fingerprint density at radius 2 is 2.00 bits per heavy atom. The van der Waals surface area contributed by atoms with Gasteiger partial charge in [0.15, 0.2) is 6.61 Å². The van der Waals surface area contributed by atoms with E-state index < -0.39 is 5.91 Å². The molecule has 0 bridgehead atoms. The Bertz CT molecular complexity index is 731. The van der Waals surface area contributed by atoms with Crippen molar-refractivity contribution in [3.8, 4) is 11.5 Å². The lowest BCUT2D eigenvalue weighted by Gasteiger charge is -2.05. The zero-order valence-corrected chi connectivity index (χ0v) is 13.7. The van der Waals surface area contributed by atoms with E-state index in [1.165, 1.54) is 18.3 Å². The van der Waals surface area contributed by atoms with Crippen LogP contribution in [0.2, 0.25) is 10.0 Å². The Balaban J connectivity index is 1.88. The Morgan fingerprint density at radius 1 is 1.30 bits per heavy atom. The number of hydrogen-bond acceptors (Lipinski definition) is 4. The number of aromatic hydroxyl groups is 1. The number of amides is 1. The van der Waals surface area contributed by atoms with Gasteiger partial charge in [-0.05, 0) is 31.2 Å². The van der Waals surface area contributed by atoms with Crippen molar-refractivity contribution in [3.05, 3.63) is 57.6 Å². The maximum atomic E-state index is 11.6. The van der Waals surface area contributed by atoms with Gasteiger partial charge in [0, 0.05) is 10.6 Å². The van der Waals surface area contributed by atoms with Crippen molar-refractivity contribution in [2.24, 2.45) is 5.10 Å². The molecule has 0 radical (unpaired) electrons. The summed E-state index contributed by atoms with van der Waals surface area (Å²) in [6.45, 7) is 1.78. The number of carbonyl (C=O) groups excluding carboxylic acids is 1. The molecule has 0 aliphatic heterocycles. The fourth-order valence-corrected chi connectivity index (χ4v) is 2.18. The zero-order valence-electron chi connectivity index (χ0n) is 12.2. The van der Waals surface area contributed by atoms with Crippen molar-refractivity contribution in [1.29, 1.82) is 0 Å². The van der Waals surface area contributed by atoms with Crippen LogP contribution in [-0.4, -0.2) is 23.8 Å². The van der Waals surface area contributed by atoms with E-state index in [1.807, 2.05) is 19.1 Å². The van der Waals surface area contributed by atoms with Crippen LogP contribution < -0.4 is 10.2 Å². The fourth-order valence-electron chi connectivity index (χ4n) is 1.67. The van der Waals surface area contributed by atoms with Crippen molar-refractivity contribution in [3.63, 3.8) is 0 Å². The molecule has 2 aromatic rings. The number of hydrogen-bond donors (Lipinski definition) is 2. The highest BCUT2D eigenvalue weighted by Crippen LogP contribution is 2.29. The third-order valence-electron chi connectivity index (χ3n) is 2.84. The van der Waals surface area contributed by atoms with Crippen LogP contribution in [0.15, 0.2) is 41.5 Å². The number of aryl methyl sites for hydroxylation is 1. The maximum Gasteiger partial charge on any atom is 0.277 e. The van der Waals surface area contributed by atoms with Gasteiger partial charge in [0.25, 0.3) is 5.91 Å². The summed E-state index contributed by atoms with van der Waals surface area (Å²) in [5.74, 6) is -0.00610. The van der Waals surface area contributed by atoms with Crippen LogP contribution in [-0.2, 0) is 4.79 Å². The number of ether oxygens (including phenoxy) is 1. The first-order valence-corrected chi connectivity index (χ1v) is 7.40. The second kappa shape index (κ2) is 7.85. The van der Waals surface area contributed by atoms with Gasteiger partial charge in [0.1, 0.15) is 11.5 Å². The minimum Gasteiger partial charge on any atom is -0.506 e. The highest BCUT2D eigenvalue weighted by atomic mass is 35.5. The van der Waals surface area contributed by atoms with E-state index in [0.29, 0.717) is 16.3 Å². The summed E-state index contributed by atoms with van der Waals surface area (Å²) in [5.41, 5.74) is 3.68. The predicted octanol–water partition coefficient (Wildman–Crippen LogP) is 3.54. The van der Waals surface area contributed by atoms with Crippen LogP contribution in [0.3, 0.4) is 0 Å². The summed E-state index contributed by atoms with van der Waals surface area (Å²) in [6, 6.07) is 10.2. The Morgan fingerprint density at radius 3 is 2.70 bits per heavy atom. The zero-order chi connectivity index (χ0) is 16.8. The first-order valence-electron chi connectivity index (χ1n) is 6.65. The highest BCUT2D eigenvalue weighted by molar-refractivity contribution is 6.36. The van der Waals surface area contributed by atoms with E-state index in [0.717, 1.165) is 5.56 Å². The van der Waals surface area contributed by atoms with Gasteiger partial charge in [0.05, 0.1) is 11.2 Å². The van der Waals surface area contributed by atoms with Crippen molar-refractivity contribution >= 4 is 35.3 Å². The molecule has 0 aliphatic rings. The summed E-state index contributed by atoms with van der Waals surface area (Å²) in [7, 11) is 0. The van der Waals surface area contributed by atoms with Crippen molar-refractivity contribution < 1.29 is 14.6 Å². The summed E-state index contributed by atoms with van der Waals surface area (Å²) in [6.07, 6.45) is 1.25. The van der Waals surface area contributed by atoms with Gasteiger partial charge in [-0.15, -0.1) is 0 Å². The van der Waals surface area contributed by atoms with E-state index in [4.69, 9.17) is 27.9 Å². The minimum atomic E-state index is -0.436. The molecule has 1 amide bonds. The molecule has 2 aromatic carbocycles. The van der Waals surface area contributed by atoms with Gasteiger partial charge in [-0.25, -0.2) is 5.43 Å². The molecule has 0 atom stereocenters. The topological polar surface area (TPSA) is 70.9 Å². The van der Waals surface area contributed by atoms with Gasteiger partial charge in [0.2, 0.25) is 0 Å². The molecule has 120 valence electrons. The molecule has 0 saturated carbocycles. The summed E-state index contributed by atoms with van der Waals surface area (Å²) in [4.78, 5) is 11.6. The van der Waals surface area contributed by atoms with Crippen LogP contribution in [0.5, 0.6) is 11.5 Å². The van der Waals surface area contributed by atoms with Gasteiger partial charge in [-0.2, -0.15) is 5.10 Å². The maximum absolute atomic E-state index is 11.6. The molecule has 2 rings (SSSR count). The van der Waals surface area contributed by atoms with Crippen molar-refractivity contribution in [2.75, 3.05) is 6.61 Å². The first-order chi connectivity index (χ1) is 11.0. The molecule has 0 aromatic heterocycles. The molecular weight excluding hydrogens is 339 g/mol. The molecule has 0 aliphatic carbocycles. The number of carbonyl (C=O) groups is 1. The van der Waals surface area contributed by atoms with Gasteiger partial charge >= 0.3 is 0 Å². The predicted molar refractivity (Wildman–Crippen MR) is 90.5 cm³/mol. The van der Waals surface area contributed by atoms with Gasteiger partial charge < -0.3 is 9.84 Å². The molecule has 2 N–H and O–H groups in total. The number of nitrogens with zero attached hydrogens (tertiary/aromatic N) is 1. The van der Waals surface area contributed by atoms with Crippen LogP contribution in [0.1, 0.15) is 11.1 Å². The van der Waals surface area contributed by atoms with E-state index in [2.05, 4.69) is 10.5 Å². The highest BCUT2D eigenvalue weighted by Gasteiger charge is 2.06. The van der Waals surface area contributed by atoms with Crippen LogP contribution in [0.25, 0.3) is 0 Å². The molecule has 5 nitrogen and oxygen atoms in total. The Hall–Kier alpha value is -2.24. The largest absolute Gasteiger partial charge is 0.506 e. The van der Waals surface area contributed by atoms with Crippen LogP contribution in [0, 0.1) is 6.92 Å². The van der Waals surface area contributed by atoms with Crippen LogP contribution in [0.4, 0.5) is 0 Å². The number of nitrogens with one attached hydrogen (secondary N) is 1. The Labute approximate surface area is 143 Å². The van der Waals surface area contributed by atoms with Crippen LogP contribution >= 0.6 is 23.2 Å². The SMILES string of the molecule is Cc1ccc(OCC(=O)N/N=C/c2cc(Cl)cc(Cl)c2O)cc1. The van der Waals surface area contributed by atoms with E-state index in [-0.39, 0.29) is 17.4 Å². The normalized spacial score (nSPS) is 10.7. The monoisotopic (exact) mass is 352 g/mol. The smallest absolute Gasteiger partial charge is 0.277 e. The lowest BCUT2D eigenvalue weighted by molar-refractivity contribution is -0.123. The van der Waals surface area contributed by atoms with Crippen molar-refractivity contribution in [2.45, 2.75) is 6.92 Å². The molecule has 0 spiro atoms. The minimum absolute atomic E-state index is 0.105. The first kappa shape index (κ1) is 17.1. The Kier molecular flexibility index (Phi) is 5.84. The number of phenols is 1. The fraction of sp³-hybridized carbons (Fsp3) is 0.125. The molecule has 0 fully saturated rings. The molecule has 0 unspecified atom stereocenters. The molecular formula is C16H14Cl2N2O3.